The highest BCUT2D eigenvalue weighted by Gasteiger charge is 2.35. The quantitative estimate of drug-likeness (QED) is 0.830. The number of amides is 2. The van der Waals surface area contributed by atoms with E-state index in [9.17, 15) is 9.59 Å². The first-order chi connectivity index (χ1) is 9.02. The zero-order chi connectivity index (χ0) is 14.0. The summed E-state index contributed by atoms with van der Waals surface area (Å²) in [5, 5.41) is 2.84. The van der Waals surface area contributed by atoms with Crippen molar-refractivity contribution >= 4 is 11.8 Å². The summed E-state index contributed by atoms with van der Waals surface area (Å²) in [6.45, 7) is 7.12. The zero-order valence-corrected chi connectivity index (χ0v) is 12.3. The lowest BCUT2D eigenvalue weighted by atomic mass is 9.78. The Balaban J connectivity index is 2.09. The summed E-state index contributed by atoms with van der Waals surface area (Å²) in [4.78, 5) is 26.2. The van der Waals surface area contributed by atoms with Crippen molar-refractivity contribution in [1.82, 2.24) is 10.2 Å². The fourth-order valence-corrected chi connectivity index (χ4v) is 3.30. The third-order valence-electron chi connectivity index (χ3n) is 4.92. The van der Waals surface area contributed by atoms with Crippen molar-refractivity contribution in [3.63, 3.8) is 0 Å². The van der Waals surface area contributed by atoms with Gasteiger partial charge in [0.1, 0.15) is 6.04 Å². The third-order valence-corrected chi connectivity index (χ3v) is 4.92. The Labute approximate surface area is 115 Å². The van der Waals surface area contributed by atoms with Gasteiger partial charge in [0, 0.05) is 19.0 Å². The predicted octanol–water partition coefficient (Wildman–Crippen LogP) is 1.94. The van der Waals surface area contributed by atoms with Gasteiger partial charge in [0.25, 0.3) is 0 Å². The standard InChI is InChI=1S/C15H26N2O2/c1-4-13-15(19)17(8-7-14(18)16-13)12-6-5-10(2)11(3)9-12/h10-13H,4-9H2,1-3H3,(H,16,18). The van der Waals surface area contributed by atoms with E-state index in [1.54, 1.807) is 0 Å². The van der Waals surface area contributed by atoms with E-state index in [0.29, 0.717) is 31.3 Å². The fraction of sp³-hybridized carbons (Fsp3) is 0.867. The minimum Gasteiger partial charge on any atom is -0.344 e. The first-order valence-corrected chi connectivity index (χ1v) is 7.62. The van der Waals surface area contributed by atoms with Gasteiger partial charge in [-0.2, -0.15) is 0 Å². The van der Waals surface area contributed by atoms with Gasteiger partial charge in [-0.25, -0.2) is 0 Å². The molecule has 0 spiro atoms. The molecule has 108 valence electrons. The molecule has 2 amide bonds. The second-order valence-corrected chi connectivity index (χ2v) is 6.23. The minimum absolute atomic E-state index is 0.0138. The molecule has 4 nitrogen and oxygen atoms in total. The first kappa shape index (κ1) is 14.4. The molecule has 0 bridgehead atoms. The van der Waals surface area contributed by atoms with Crippen LogP contribution in [-0.4, -0.2) is 35.3 Å². The first-order valence-electron chi connectivity index (χ1n) is 7.62. The number of rotatable bonds is 2. The minimum atomic E-state index is -0.315. The van der Waals surface area contributed by atoms with Gasteiger partial charge < -0.3 is 10.2 Å². The Bertz CT molecular complexity index is 356. The van der Waals surface area contributed by atoms with Gasteiger partial charge in [0.05, 0.1) is 0 Å². The SMILES string of the molecule is CCC1NC(=O)CCN(C2CCC(C)C(C)C2)C1=O. The lowest BCUT2D eigenvalue weighted by Gasteiger charge is -2.39. The van der Waals surface area contributed by atoms with E-state index in [2.05, 4.69) is 19.2 Å². The van der Waals surface area contributed by atoms with Gasteiger partial charge in [0.15, 0.2) is 0 Å². The summed E-state index contributed by atoms with van der Waals surface area (Å²) >= 11 is 0. The van der Waals surface area contributed by atoms with Crippen LogP contribution in [0.25, 0.3) is 0 Å². The van der Waals surface area contributed by atoms with Gasteiger partial charge in [-0.3, -0.25) is 9.59 Å². The molecule has 2 rings (SSSR count). The highest BCUT2D eigenvalue weighted by Crippen LogP contribution is 2.32. The van der Waals surface area contributed by atoms with Crippen molar-refractivity contribution in [3.05, 3.63) is 0 Å². The lowest BCUT2D eigenvalue weighted by Crippen LogP contribution is -2.49. The summed E-state index contributed by atoms with van der Waals surface area (Å²) in [6, 6.07) is 0.0186. The van der Waals surface area contributed by atoms with Gasteiger partial charge in [-0.1, -0.05) is 20.8 Å². The Hall–Kier alpha value is -1.06. The maximum absolute atomic E-state index is 12.5. The number of hydrogen-bond donors (Lipinski definition) is 1. The number of nitrogens with one attached hydrogen (secondary N) is 1. The van der Waals surface area contributed by atoms with Gasteiger partial charge in [-0.05, 0) is 37.5 Å². The normalized spacial score (nSPS) is 36.9. The smallest absolute Gasteiger partial charge is 0.245 e. The molecule has 0 aromatic carbocycles. The fourth-order valence-electron chi connectivity index (χ4n) is 3.30. The molecule has 4 unspecified atom stereocenters. The van der Waals surface area contributed by atoms with Gasteiger partial charge in [0.2, 0.25) is 11.8 Å². The van der Waals surface area contributed by atoms with Crippen LogP contribution in [0.3, 0.4) is 0 Å². The van der Waals surface area contributed by atoms with Crippen LogP contribution in [0.15, 0.2) is 0 Å². The molecule has 0 aromatic heterocycles. The molecule has 1 saturated carbocycles. The molecule has 1 saturated heterocycles. The monoisotopic (exact) mass is 266 g/mol. The Kier molecular flexibility index (Phi) is 4.48. The number of nitrogens with zero attached hydrogens (tertiary/aromatic N) is 1. The maximum Gasteiger partial charge on any atom is 0.245 e. The summed E-state index contributed by atoms with van der Waals surface area (Å²) in [6.07, 6.45) is 4.48. The zero-order valence-electron chi connectivity index (χ0n) is 12.3. The second-order valence-electron chi connectivity index (χ2n) is 6.23. The van der Waals surface area contributed by atoms with Gasteiger partial charge >= 0.3 is 0 Å². The molecule has 1 N–H and O–H groups in total. The highest BCUT2D eigenvalue weighted by atomic mass is 16.2. The van der Waals surface area contributed by atoms with E-state index in [1.807, 2.05) is 11.8 Å². The van der Waals surface area contributed by atoms with Crippen LogP contribution in [0, 0.1) is 11.8 Å². The molecule has 4 heteroatoms. The van der Waals surface area contributed by atoms with Crippen LogP contribution in [0.1, 0.15) is 52.9 Å². The van der Waals surface area contributed by atoms with E-state index in [4.69, 9.17) is 0 Å². The lowest BCUT2D eigenvalue weighted by molar-refractivity contribution is -0.136. The second kappa shape index (κ2) is 5.93. The molecule has 2 aliphatic rings. The van der Waals surface area contributed by atoms with Crippen LogP contribution >= 0.6 is 0 Å². The molecule has 2 fully saturated rings. The number of carbonyl (C=O) groups excluding carboxylic acids is 2. The van der Waals surface area contributed by atoms with Crippen molar-refractivity contribution in [2.45, 2.75) is 65.0 Å². The van der Waals surface area contributed by atoms with Crippen molar-refractivity contribution in [1.29, 1.82) is 0 Å². The molecule has 1 aliphatic carbocycles. The Morgan fingerprint density at radius 1 is 1.21 bits per heavy atom. The van der Waals surface area contributed by atoms with E-state index in [-0.39, 0.29) is 17.9 Å². The van der Waals surface area contributed by atoms with Crippen molar-refractivity contribution in [2.24, 2.45) is 11.8 Å². The summed E-state index contributed by atoms with van der Waals surface area (Å²) in [5.74, 6) is 1.55. The topological polar surface area (TPSA) is 49.4 Å². The Morgan fingerprint density at radius 3 is 2.58 bits per heavy atom. The number of hydrogen-bond acceptors (Lipinski definition) is 2. The number of carbonyl (C=O) groups is 2. The van der Waals surface area contributed by atoms with Crippen LogP contribution in [0.2, 0.25) is 0 Å². The molecular formula is C15H26N2O2. The van der Waals surface area contributed by atoms with Crippen LogP contribution in [-0.2, 0) is 9.59 Å². The van der Waals surface area contributed by atoms with Crippen molar-refractivity contribution < 1.29 is 9.59 Å². The molecule has 1 heterocycles. The molecule has 0 aromatic rings. The van der Waals surface area contributed by atoms with Crippen molar-refractivity contribution in [3.8, 4) is 0 Å². The van der Waals surface area contributed by atoms with Crippen LogP contribution < -0.4 is 5.32 Å². The Morgan fingerprint density at radius 2 is 1.95 bits per heavy atom. The molecule has 0 radical (unpaired) electrons. The average Bonchev–Trinajstić information content (AvgIpc) is 2.53. The van der Waals surface area contributed by atoms with E-state index in [1.165, 1.54) is 6.42 Å². The average molecular weight is 266 g/mol. The maximum atomic E-state index is 12.5. The molecule has 1 aliphatic heterocycles. The van der Waals surface area contributed by atoms with Crippen LogP contribution in [0.5, 0.6) is 0 Å². The molecule has 4 atom stereocenters. The summed E-state index contributed by atoms with van der Waals surface area (Å²) in [7, 11) is 0. The summed E-state index contributed by atoms with van der Waals surface area (Å²) in [5.41, 5.74) is 0. The van der Waals surface area contributed by atoms with E-state index >= 15 is 0 Å². The molecule has 19 heavy (non-hydrogen) atoms. The largest absolute Gasteiger partial charge is 0.344 e. The third kappa shape index (κ3) is 3.10. The van der Waals surface area contributed by atoms with E-state index < -0.39 is 0 Å². The van der Waals surface area contributed by atoms with Crippen molar-refractivity contribution in [2.75, 3.05) is 6.54 Å². The van der Waals surface area contributed by atoms with E-state index in [0.717, 1.165) is 18.8 Å². The predicted molar refractivity (Wildman–Crippen MR) is 74.5 cm³/mol. The summed E-state index contributed by atoms with van der Waals surface area (Å²) < 4.78 is 0. The highest BCUT2D eigenvalue weighted by molar-refractivity contribution is 5.90. The van der Waals surface area contributed by atoms with Gasteiger partial charge in [-0.15, -0.1) is 0 Å². The van der Waals surface area contributed by atoms with Crippen LogP contribution in [0.4, 0.5) is 0 Å². The molecular weight excluding hydrogens is 240 g/mol.